The summed E-state index contributed by atoms with van der Waals surface area (Å²) in [6.07, 6.45) is -0.412. The van der Waals surface area contributed by atoms with Crippen LogP contribution in [0.4, 0.5) is 19.0 Å². The molecule has 0 spiro atoms. The van der Waals surface area contributed by atoms with Gasteiger partial charge < -0.3 is 9.80 Å². The normalized spacial score (nSPS) is 19.0. The van der Waals surface area contributed by atoms with Crippen molar-refractivity contribution in [3.8, 4) is 0 Å². The molecule has 0 N–H and O–H groups in total. The van der Waals surface area contributed by atoms with E-state index >= 15 is 0 Å². The Bertz CT molecular complexity index is 906. The Labute approximate surface area is 185 Å². The molecule has 4 nitrogen and oxygen atoms in total. The fraction of sp³-hybridized carbons (Fsp3) is 0.478. The molecule has 0 atom stereocenters. The molecule has 1 aromatic carbocycles. The third-order valence-corrected chi connectivity index (χ3v) is 6.65. The number of likely N-dealkylation sites (tertiary alicyclic amines) is 1. The van der Waals surface area contributed by atoms with Crippen molar-refractivity contribution in [2.45, 2.75) is 37.8 Å². The number of pyridine rings is 1. The predicted octanol–water partition coefficient (Wildman–Crippen LogP) is 5.38. The Morgan fingerprint density at radius 1 is 1.00 bits per heavy atom. The van der Waals surface area contributed by atoms with Gasteiger partial charge in [-0.2, -0.15) is 13.2 Å². The first-order valence-electron chi connectivity index (χ1n) is 10.6. The van der Waals surface area contributed by atoms with E-state index in [0.29, 0.717) is 37.7 Å². The Hall–Kier alpha value is -2.28. The van der Waals surface area contributed by atoms with Crippen molar-refractivity contribution in [2.24, 2.45) is 5.92 Å². The molecule has 1 amide bonds. The highest BCUT2D eigenvalue weighted by Gasteiger charge is 2.34. The summed E-state index contributed by atoms with van der Waals surface area (Å²) in [5.41, 5.74) is 0.481. The SMILES string of the molecule is O=C(C1CCN(c2ncc(C(F)(F)F)cc2Cl)CC1)N1CCC(c2ccccc2)CC1. The summed E-state index contributed by atoms with van der Waals surface area (Å²) in [5, 5.41) is -0.0115. The van der Waals surface area contributed by atoms with Crippen LogP contribution in [-0.4, -0.2) is 42.0 Å². The highest BCUT2D eigenvalue weighted by Crippen LogP contribution is 2.35. The minimum atomic E-state index is -4.47. The number of anilines is 1. The Balaban J connectivity index is 1.31. The highest BCUT2D eigenvalue weighted by atomic mass is 35.5. The van der Waals surface area contributed by atoms with Crippen LogP contribution in [0.25, 0.3) is 0 Å². The zero-order valence-corrected chi connectivity index (χ0v) is 17.9. The van der Waals surface area contributed by atoms with Gasteiger partial charge in [-0.05, 0) is 43.2 Å². The fourth-order valence-electron chi connectivity index (χ4n) is 4.57. The van der Waals surface area contributed by atoms with E-state index in [1.165, 1.54) is 5.56 Å². The van der Waals surface area contributed by atoms with Crippen LogP contribution in [0.2, 0.25) is 5.02 Å². The molecule has 2 saturated heterocycles. The predicted molar refractivity (Wildman–Crippen MR) is 114 cm³/mol. The molecule has 0 saturated carbocycles. The number of carbonyl (C=O) groups excluding carboxylic acids is 1. The van der Waals surface area contributed by atoms with Crippen LogP contribution in [-0.2, 0) is 11.0 Å². The van der Waals surface area contributed by atoms with Gasteiger partial charge in [-0.25, -0.2) is 4.98 Å². The number of amides is 1. The van der Waals surface area contributed by atoms with Crippen LogP contribution in [0.1, 0.15) is 42.7 Å². The number of aromatic nitrogens is 1. The van der Waals surface area contributed by atoms with Crippen molar-refractivity contribution in [3.63, 3.8) is 0 Å². The van der Waals surface area contributed by atoms with Gasteiger partial charge in [0, 0.05) is 38.3 Å². The van der Waals surface area contributed by atoms with E-state index in [4.69, 9.17) is 11.6 Å². The third kappa shape index (κ3) is 4.97. The first kappa shape index (κ1) is 21.9. The molecule has 1 aromatic heterocycles. The number of halogens is 4. The molecular formula is C23H25ClF3N3O. The Kier molecular flexibility index (Phi) is 6.42. The second-order valence-corrected chi connectivity index (χ2v) is 8.71. The lowest BCUT2D eigenvalue weighted by Crippen LogP contribution is -2.45. The molecule has 166 valence electrons. The minimum absolute atomic E-state index is 0.0115. The first-order valence-corrected chi connectivity index (χ1v) is 11.0. The van der Waals surface area contributed by atoms with Crippen LogP contribution in [0.3, 0.4) is 0 Å². The zero-order valence-electron chi connectivity index (χ0n) is 17.1. The summed E-state index contributed by atoms with van der Waals surface area (Å²) in [7, 11) is 0. The lowest BCUT2D eigenvalue weighted by molar-refractivity contribution is -0.138. The van der Waals surface area contributed by atoms with Gasteiger partial charge in [-0.3, -0.25) is 4.79 Å². The second-order valence-electron chi connectivity index (χ2n) is 8.30. The number of hydrogen-bond acceptors (Lipinski definition) is 3. The van der Waals surface area contributed by atoms with Gasteiger partial charge in [0.25, 0.3) is 0 Å². The van der Waals surface area contributed by atoms with Crippen LogP contribution in [0.5, 0.6) is 0 Å². The van der Waals surface area contributed by atoms with E-state index in [2.05, 4.69) is 29.2 Å². The first-order chi connectivity index (χ1) is 14.8. The van der Waals surface area contributed by atoms with Gasteiger partial charge in [-0.15, -0.1) is 0 Å². The van der Waals surface area contributed by atoms with Gasteiger partial charge in [0.15, 0.2) is 0 Å². The molecule has 2 aromatic rings. The number of nitrogens with zero attached hydrogens (tertiary/aromatic N) is 3. The maximum Gasteiger partial charge on any atom is 0.417 e. The monoisotopic (exact) mass is 451 g/mol. The van der Waals surface area contributed by atoms with Crippen LogP contribution < -0.4 is 4.90 Å². The lowest BCUT2D eigenvalue weighted by atomic mass is 9.88. The smallest absolute Gasteiger partial charge is 0.355 e. The Morgan fingerprint density at radius 3 is 2.23 bits per heavy atom. The topological polar surface area (TPSA) is 36.4 Å². The van der Waals surface area contributed by atoms with Crippen molar-refractivity contribution < 1.29 is 18.0 Å². The minimum Gasteiger partial charge on any atom is -0.355 e. The van der Waals surface area contributed by atoms with Gasteiger partial charge in [0.2, 0.25) is 5.91 Å². The van der Waals surface area contributed by atoms with E-state index in [-0.39, 0.29) is 16.8 Å². The zero-order chi connectivity index (χ0) is 22.0. The maximum absolute atomic E-state index is 13.0. The fourth-order valence-corrected chi connectivity index (χ4v) is 4.86. The number of carbonyl (C=O) groups is 1. The molecular weight excluding hydrogens is 427 g/mol. The third-order valence-electron chi connectivity index (χ3n) is 6.37. The lowest BCUT2D eigenvalue weighted by Gasteiger charge is -2.38. The summed E-state index contributed by atoms with van der Waals surface area (Å²) in [4.78, 5) is 20.8. The average Bonchev–Trinajstić information content (AvgIpc) is 2.79. The largest absolute Gasteiger partial charge is 0.417 e. The molecule has 0 aliphatic carbocycles. The van der Waals surface area contributed by atoms with Crippen LogP contribution in [0, 0.1) is 5.92 Å². The van der Waals surface area contributed by atoms with Crippen LogP contribution >= 0.6 is 11.6 Å². The van der Waals surface area contributed by atoms with Gasteiger partial charge >= 0.3 is 6.18 Å². The molecule has 0 radical (unpaired) electrons. The molecule has 0 unspecified atom stereocenters. The molecule has 2 aliphatic rings. The Morgan fingerprint density at radius 2 is 1.65 bits per heavy atom. The summed E-state index contributed by atoms with van der Waals surface area (Å²) in [6.45, 7) is 2.64. The van der Waals surface area contributed by atoms with E-state index in [1.54, 1.807) is 0 Å². The number of hydrogen-bond donors (Lipinski definition) is 0. The highest BCUT2D eigenvalue weighted by molar-refractivity contribution is 6.33. The van der Waals surface area contributed by atoms with Crippen LogP contribution in [0.15, 0.2) is 42.6 Å². The van der Waals surface area contributed by atoms with Gasteiger partial charge in [0.1, 0.15) is 5.82 Å². The van der Waals surface area contributed by atoms with Gasteiger partial charge in [0.05, 0.1) is 10.6 Å². The molecule has 8 heteroatoms. The second kappa shape index (κ2) is 9.07. The van der Waals surface area contributed by atoms with Crippen molar-refractivity contribution in [1.82, 2.24) is 9.88 Å². The molecule has 2 fully saturated rings. The number of benzene rings is 1. The van der Waals surface area contributed by atoms with Crippen molar-refractivity contribution >= 4 is 23.3 Å². The quantitative estimate of drug-likeness (QED) is 0.629. The van der Waals surface area contributed by atoms with Crippen molar-refractivity contribution in [3.05, 3.63) is 58.7 Å². The number of piperidine rings is 2. The van der Waals surface area contributed by atoms with Crippen molar-refractivity contribution in [1.29, 1.82) is 0 Å². The summed E-state index contributed by atoms with van der Waals surface area (Å²) < 4.78 is 38.5. The van der Waals surface area contributed by atoms with Gasteiger partial charge in [-0.1, -0.05) is 41.9 Å². The van der Waals surface area contributed by atoms with E-state index in [1.807, 2.05) is 15.9 Å². The summed E-state index contributed by atoms with van der Waals surface area (Å²) in [6, 6.07) is 11.3. The van der Waals surface area contributed by atoms with E-state index < -0.39 is 11.7 Å². The summed E-state index contributed by atoms with van der Waals surface area (Å²) >= 11 is 6.07. The maximum atomic E-state index is 13.0. The summed E-state index contributed by atoms with van der Waals surface area (Å²) in [5.74, 6) is 0.986. The molecule has 3 heterocycles. The van der Waals surface area contributed by atoms with E-state index in [9.17, 15) is 18.0 Å². The van der Waals surface area contributed by atoms with Crippen molar-refractivity contribution in [2.75, 3.05) is 31.1 Å². The molecule has 0 bridgehead atoms. The molecule has 4 rings (SSSR count). The molecule has 31 heavy (non-hydrogen) atoms. The number of rotatable bonds is 3. The molecule has 2 aliphatic heterocycles. The average molecular weight is 452 g/mol. The number of alkyl halides is 3. The van der Waals surface area contributed by atoms with E-state index in [0.717, 1.165) is 38.2 Å². The standard InChI is InChI=1S/C23H25ClF3N3O/c24-20-14-19(23(25,26)27)15-28-21(20)29-10-8-18(9-11-29)22(31)30-12-6-17(7-13-30)16-4-2-1-3-5-16/h1-5,14-15,17-18H,6-13H2.